The predicted molar refractivity (Wildman–Crippen MR) is 107 cm³/mol. The van der Waals surface area contributed by atoms with Gasteiger partial charge in [-0.1, -0.05) is 72.3 Å². The summed E-state index contributed by atoms with van der Waals surface area (Å²) in [5.41, 5.74) is 4.38. The standard InChI is InChI=1S/C19H34N2.C2H6/c1-7-12-18(13-8-2)21(16-9-3)19(11-5)20-15-14-17(6)10-4;1-2/h14-15,18H,5,7-10,12-13,16H2,1-4,6H3;1-2H3/b17-14+,20-15-;. The van der Waals surface area contributed by atoms with Gasteiger partial charge in [0.05, 0.1) is 0 Å². The molecule has 0 fully saturated rings. The van der Waals surface area contributed by atoms with Crippen molar-refractivity contribution in [3.63, 3.8) is 0 Å². The second-order valence-electron chi connectivity index (χ2n) is 5.57. The van der Waals surface area contributed by atoms with Gasteiger partial charge in [-0.05, 0) is 38.7 Å². The van der Waals surface area contributed by atoms with E-state index in [0.29, 0.717) is 6.04 Å². The lowest BCUT2D eigenvalue weighted by molar-refractivity contribution is 0.224. The molecule has 0 aliphatic carbocycles. The third-order valence-electron chi connectivity index (χ3n) is 3.69. The van der Waals surface area contributed by atoms with E-state index >= 15 is 0 Å². The van der Waals surface area contributed by atoms with Gasteiger partial charge in [0, 0.05) is 18.8 Å². The van der Waals surface area contributed by atoms with Crippen molar-refractivity contribution in [1.82, 2.24) is 4.90 Å². The average molecular weight is 321 g/mol. The molecule has 134 valence electrons. The van der Waals surface area contributed by atoms with Gasteiger partial charge in [-0.15, -0.1) is 0 Å². The van der Waals surface area contributed by atoms with E-state index in [1.165, 1.54) is 31.3 Å². The lowest BCUT2D eigenvalue weighted by Gasteiger charge is -2.32. The first-order valence-electron chi connectivity index (χ1n) is 9.50. The summed E-state index contributed by atoms with van der Waals surface area (Å²) >= 11 is 0. The van der Waals surface area contributed by atoms with Crippen LogP contribution in [0.5, 0.6) is 0 Å². The summed E-state index contributed by atoms with van der Waals surface area (Å²) in [7, 11) is 0. The van der Waals surface area contributed by atoms with Crippen LogP contribution >= 0.6 is 0 Å². The lowest BCUT2D eigenvalue weighted by atomic mass is 10.0. The summed E-state index contributed by atoms with van der Waals surface area (Å²) in [6, 6.07) is 0.553. The van der Waals surface area contributed by atoms with Crippen LogP contribution in [0, 0.1) is 0 Å². The molecule has 0 N–H and O–H groups in total. The third kappa shape index (κ3) is 11.0. The third-order valence-corrected chi connectivity index (χ3v) is 3.69. The zero-order valence-electron chi connectivity index (χ0n) is 16.8. The molecule has 0 aliphatic rings. The minimum absolute atomic E-state index is 0.553. The lowest BCUT2D eigenvalue weighted by Crippen LogP contribution is -2.34. The molecule has 0 atom stereocenters. The van der Waals surface area contributed by atoms with E-state index in [2.05, 4.69) is 62.9 Å². The quantitative estimate of drug-likeness (QED) is 0.304. The van der Waals surface area contributed by atoms with Gasteiger partial charge in [-0.2, -0.15) is 0 Å². The Morgan fingerprint density at radius 3 is 2.04 bits per heavy atom. The van der Waals surface area contributed by atoms with E-state index in [9.17, 15) is 0 Å². The number of rotatable bonds is 11. The van der Waals surface area contributed by atoms with Crippen LogP contribution < -0.4 is 0 Å². The molecule has 0 saturated heterocycles. The molecular weight excluding hydrogens is 280 g/mol. The highest BCUT2D eigenvalue weighted by Gasteiger charge is 2.18. The van der Waals surface area contributed by atoms with Gasteiger partial charge in [0.25, 0.3) is 0 Å². The largest absolute Gasteiger partial charge is 0.347 e. The number of hydrogen-bond acceptors (Lipinski definition) is 2. The van der Waals surface area contributed by atoms with Crippen molar-refractivity contribution in [2.24, 2.45) is 4.99 Å². The zero-order chi connectivity index (χ0) is 18.1. The van der Waals surface area contributed by atoms with Crippen molar-refractivity contribution in [1.29, 1.82) is 0 Å². The zero-order valence-corrected chi connectivity index (χ0v) is 16.8. The fourth-order valence-corrected chi connectivity index (χ4v) is 2.40. The summed E-state index contributed by atoms with van der Waals surface area (Å²) in [5.74, 6) is 0.893. The molecule has 23 heavy (non-hydrogen) atoms. The monoisotopic (exact) mass is 320 g/mol. The highest BCUT2D eigenvalue weighted by Crippen LogP contribution is 2.19. The van der Waals surface area contributed by atoms with Crippen LogP contribution in [0.2, 0.25) is 0 Å². The van der Waals surface area contributed by atoms with E-state index in [1.54, 1.807) is 0 Å². The van der Waals surface area contributed by atoms with Gasteiger partial charge < -0.3 is 4.90 Å². The summed E-state index contributed by atoms with van der Waals surface area (Å²) < 4.78 is 0. The van der Waals surface area contributed by atoms with E-state index in [1.807, 2.05) is 20.1 Å². The van der Waals surface area contributed by atoms with Crippen molar-refractivity contribution >= 4 is 6.21 Å². The topological polar surface area (TPSA) is 15.6 Å². The van der Waals surface area contributed by atoms with Crippen molar-refractivity contribution in [2.45, 2.75) is 93.0 Å². The summed E-state index contributed by atoms with van der Waals surface area (Å²) in [6.07, 6.45) is 11.0. The molecule has 2 nitrogen and oxygen atoms in total. The Kier molecular flexibility index (Phi) is 17.8. The molecule has 0 radical (unpaired) electrons. The minimum atomic E-state index is 0.553. The Balaban J connectivity index is 0. The van der Waals surface area contributed by atoms with E-state index in [4.69, 9.17) is 0 Å². The molecule has 2 heteroatoms. The van der Waals surface area contributed by atoms with E-state index < -0.39 is 0 Å². The van der Waals surface area contributed by atoms with E-state index in [-0.39, 0.29) is 0 Å². The predicted octanol–water partition coefficient (Wildman–Crippen LogP) is 6.75. The van der Waals surface area contributed by atoms with Crippen molar-refractivity contribution in [3.05, 3.63) is 29.8 Å². The van der Waals surface area contributed by atoms with Crippen LogP contribution in [0.15, 0.2) is 34.8 Å². The second kappa shape index (κ2) is 17.1. The molecule has 0 heterocycles. The maximum absolute atomic E-state index is 4.60. The smallest absolute Gasteiger partial charge is 0.172 e. The molecule has 0 amide bonds. The fourth-order valence-electron chi connectivity index (χ4n) is 2.40. The average Bonchev–Trinajstić information content (AvgIpc) is 2.58. The molecule has 0 spiro atoms. The maximum atomic E-state index is 4.60. The summed E-state index contributed by atoms with van der Waals surface area (Å²) in [6.45, 7) is 19.9. The maximum Gasteiger partial charge on any atom is 0.172 e. The molecule has 0 aromatic carbocycles. The molecule has 0 saturated carbocycles. The molecule has 0 aliphatic heterocycles. The van der Waals surface area contributed by atoms with Gasteiger partial charge in [0.1, 0.15) is 0 Å². The van der Waals surface area contributed by atoms with E-state index in [0.717, 1.165) is 25.2 Å². The molecule has 0 aromatic heterocycles. The Bertz CT molecular complexity index is 367. The Morgan fingerprint density at radius 1 is 1.09 bits per heavy atom. The normalized spacial score (nSPS) is 11.2. The summed E-state index contributed by atoms with van der Waals surface area (Å²) in [5, 5.41) is 0. The van der Waals surface area contributed by atoms with Gasteiger partial charge in [-0.3, -0.25) is 0 Å². The van der Waals surface area contributed by atoms with Crippen LogP contribution in [0.3, 0.4) is 0 Å². The second-order valence-corrected chi connectivity index (χ2v) is 5.57. The van der Waals surface area contributed by atoms with Crippen LogP contribution in [0.1, 0.15) is 87.0 Å². The van der Waals surface area contributed by atoms with Crippen LogP contribution in [-0.4, -0.2) is 23.7 Å². The molecular formula is C21H40N2. The minimum Gasteiger partial charge on any atom is -0.347 e. The number of hydrogen-bond donors (Lipinski definition) is 0. The van der Waals surface area contributed by atoms with Crippen molar-refractivity contribution in [2.75, 3.05) is 6.54 Å². The SMILES string of the molecule is C=C=C(/N=C\C=C(/C)CC)N(CCC)C(CCC)CCC.CC. The van der Waals surface area contributed by atoms with Gasteiger partial charge in [0.2, 0.25) is 0 Å². The van der Waals surface area contributed by atoms with Crippen molar-refractivity contribution < 1.29 is 0 Å². The first-order valence-corrected chi connectivity index (χ1v) is 9.50. The van der Waals surface area contributed by atoms with Gasteiger partial charge in [0.15, 0.2) is 5.82 Å². The number of nitrogens with zero attached hydrogens (tertiary/aromatic N) is 2. The van der Waals surface area contributed by atoms with Crippen LogP contribution in [0.25, 0.3) is 0 Å². The molecule has 0 unspecified atom stereocenters. The van der Waals surface area contributed by atoms with Gasteiger partial charge in [-0.25, -0.2) is 4.99 Å². The Labute approximate surface area is 146 Å². The Hall–Kier alpha value is -1.27. The van der Waals surface area contributed by atoms with Gasteiger partial charge >= 0.3 is 0 Å². The fraction of sp³-hybridized carbons (Fsp3) is 0.714. The first-order chi connectivity index (χ1) is 11.1. The van der Waals surface area contributed by atoms with Crippen LogP contribution in [-0.2, 0) is 0 Å². The first kappa shape index (κ1) is 24.0. The number of allylic oxidation sites excluding steroid dienone is 2. The molecule has 0 bridgehead atoms. The number of aliphatic imine (C=N–C) groups is 1. The summed E-state index contributed by atoms with van der Waals surface area (Å²) in [4.78, 5) is 7.00. The highest BCUT2D eigenvalue weighted by molar-refractivity contribution is 5.73. The molecule has 0 rings (SSSR count). The highest BCUT2D eigenvalue weighted by atomic mass is 15.2. The Morgan fingerprint density at radius 2 is 1.65 bits per heavy atom. The van der Waals surface area contributed by atoms with Crippen molar-refractivity contribution in [3.8, 4) is 0 Å². The van der Waals surface area contributed by atoms with Crippen LogP contribution in [0.4, 0.5) is 0 Å². The molecule has 0 aromatic rings.